The summed E-state index contributed by atoms with van der Waals surface area (Å²) < 4.78 is 5.03. The Kier molecular flexibility index (Phi) is 5.90. The summed E-state index contributed by atoms with van der Waals surface area (Å²) in [5.41, 5.74) is 3.49. The SMILES string of the molecule is Cc1ccc(-n2nc(C)c(C(=O)OCC(=O)NCC(C)C)n2)c(C)c1. The summed E-state index contributed by atoms with van der Waals surface area (Å²) in [6, 6.07) is 5.88. The molecule has 1 amide bonds. The minimum absolute atomic E-state index is 0.108. The first kappa shape index (κ1) is 18.6. The lowest BCUT2D eigenvalue weighted by atomic mass is 10.1. The van der Waals surface area contributed by atoms with Crippen molar-refractivity contribution in [3.63, 3.8) is 0 Å². The van der Waals surface area contributed by atoms with Crippen molar-refractivity contribution in [1.29, 1.82) is 0 Å². The molecule has 7 heteroatoms. The first-order valence-electron chi connectivity index (χ1n) is 8.23. The number of rotatable bonds is 6. The number of carbonyl (C=O) groups is 2. The highest BCUT2D eigenvalue weighted by Gasteiger charge is 2.19. The molecule has 0 fully saturated rings. The lowest BCUT2D eigenvalue weighted by Gasteiger charge is -2.07. The topological polar surface area (TPSA) is 86.1 Å². The second-order valence-corrected chi connectivity index (χ2v) is 6.49. The summed E-state index contributed by atoms with van der Waals surface area (Å²) in [4.78, 5) is 25.2. The van der Waals surface area contributed by atoms with Crippen molar-refractivity contribution in [3.8, 4) is 5.69 Å². The van der Waals surface area contributed by atoms with Crippen molar-refractivity contribution in [2.45, 2.75) is 34.6 Å². The number of hydrogen-bond acceptors (Lipinski definition) is 5. The molecule has 1 aromatic carbocycles. The maximum absolute atomic E-state index is 12.2. The van der Waals surface area contributed by atoms with Crippen LogP contribution in [-0.4, -0.2) is 40.0 Å². The van der Waals surface area contributed by atoms with Crippen LogP contribution >= 0.6 is 0 Å². The summed E-state index contributed by atoms with van der Waals surface area (Å²) in [5, 5.41) is 11.2. The molecule has 25 heavy (non-hydrogen) atoms. The Labute approximate surface area is 147 Å². The van der Waals surface area contributed by atoms with Gasteiger partial charge in [0.25, 0.3) is 5.91 Å². The van der Waals surface area contributed by atoms with Crippen LogP contribution in [0.5, 0.6) is 0 Å². The average molecular weight is 344 g/mol. The van der Waals surface area contributed by atoms with E-state index in [0.29, 0.717) is 18.2 Å². The second-order valence-electron chi connectivity index (χ2n) is 6.49. The summed E-state index contributed by atoms with van der Waals surface area (Å²) in [6.07, 6.45) is 0. The lowest BCUT2D eigenvalue weighted by Crippen LogP contribution is -2.31. The fraction of sp³-hybridized carbons (Fsp3) is 0.444. The van der Waals surface area contributed by atoms with Crippen LogP contribution in [0.3, 0.4) is 0 Å². The fourth-order valence-corrected chi connectivity index (χ4v) is 2.27. The molecule has 0 saturated heterocycles. The van der Waals surface area contributed by atoms with Gasteiger partial charge in [-0.1, -0.05) is 31.5 Å². The largest absolute Gasteiger partial charge is 0.451 e. The number of carbonyl (C=O) groups excluding carboxylic acids is 2. The predicted molar refractivity (Wildman–Crippen MR) is 93.7 cm³/mol. The molecule has 2 aromatic rings. The molecule has 1 aromatic heterocycles. The van der Waals surface area contributed by atoms with Crippen LogP contribution < -0.4 is 5.32 Å². The van der Waals surface area contributed by atoms with Crippen molar-refractivity contribution in [2.75, 3.05) is 13.2 Å². The van der Waals surface area contributed by atoms with Crippen molar-refractivity contribution in [3.05, 3.63) is 40.7 Å². The van der Waals surface area contributed by atoms with E-state index in [1.165, 1.54) is 4.80 Å². The maximum atomic E-state index is 12.2. The van der Waals surface area contributed by atoms with E-state index in [9.17, 15) is 9.59 Å². The Morgan fingerprint density at radius 1 is 1.20 bits per heavy atom. The highest BCUT2D eigenvalue weighted by molar-refractivity contribution is 5.90. The van der Waals surface area contributed by atoms with Gasteiger partial charge in [-0.3, -0.25) is 4.79 Å². The zero-order valence-corrected chi connectivity index (χ0v) is 15.3. The van der Waals surface area contributed by atoms with Gasteiger partial charge in [0.05, 0.1) is 11.4 Å². The number of nitrogens with zero attached hydrogens (tertiary/aromatic N) is 3. The number of hydrogen-bond donors (Lipinski definition) is 1. The third-order valence-electron chi connectivity index (χ3n) is 3.59. The van der Waals surface area contributed by atoms with Crippen molar-refractivity contribution >= 4 is 11.9 Å². The van der Waals surface area contributed by atoms with Crippen LogP contribution in [0.1, 0.15) is 41.2 Å². The molecule has 1 heterocycles. The van der Waals surface area contributed by atoms with E-state index in [1.54, 1.807) is 6.92 Å². The molecule has 0 aliphatic carbocycles. The van der Waals surface area contributed by atoms with Crippen molar-refractivity contribution in [2.24, 2.45) is 5.92 Å². The third-order valence-corrected chi connectivity index (χ3v) is 3.59. The third kappa shape index (κ3) is 4.89. The molecule has 7 nitrogen and oxygen atoms in total. The Morgan fingerprint density at radius 3 is 2.56 bits per heavy atom. The monoisotopic (exact) mass is 344 g/mol. The summed E-state index contributed by atoms with van der Waals surface area (Å²) >= 11 is 0. The number of amides is 1. The van der Waals surface area contributed by atoms with Gasteiger partial charge in [-0.2, -0.15) is 9.90 Å². The average Bonchev–Trinajstić information content (AvgIpc) is 2.92. The first-order valence-corrected chi connectivity index (χ1v) is 8.23. The molecule has 0 aliphatic rings. The minimum atomic E-state index is -0.659. The quantitative estimate of drug-likeness (QED) is 0.811. The van der Waals surface area contributed by atoms with E-state index in [1.807, 2.05) is 45.9 Å². The van der Waals surface area contributed by atoms with E-state index >= 15 is 0 Å². The molecule has 134 valence electrons. The van der Waals surface area contributed by atoms with Gasteiger partial charge in [0, 0.05) is 6.54 Å². The van der Waals surface area contributed by atoms with Crippen LogP contribution in [-0.2, 0) is 9.53 Å². The number of aryl methyl sites for hydroxylation is 3. The summed E-state index contributed by atoms with van der Waals surface area (Å²) in [7, 11) is 0. The molecular weight excluding hydrogens is 320 g/mol. The minimum Gasteiger partial charge on any atom is -0.451 e. The second kappa shape index (κ2) is 7.92. The van der Waals surface area contributed by atoms with E-state index in [4.69, 9.17) is 4.74 Å². The lowest BCUT2D eigenvalue weighted by molar-refractivity contribution is -0.124. The standard InChI is InChI=1S/C18H24N4O3/c1-11(2)9-19-16(23)10-25-18(24)17-14(5)20-22(21-17)15-7-6-12(3)8-13(15)4/h6-8,11H,9-10H2,1-5H3,(H,19,23). The Bertz CT molecular complexity index is 781. The molecule has 0 aliphatic heterocycles. The van der Waals surface area contributed by atoms with Crippen LogP contribution in [0.2, 0.25) is 0 Å². The number of benzene rings is 1. The maximum Gasteiger partial charge on any atom is 0.361 e. The van der Waals surface area contributed by atoms with Crippen LogP contribution in [0.4, 0.5) is 0 Å². The highest BCUT2D eigenvalue weighted by atomic mass is 16.5. The van der Waals surface area contributed by atoms with E-state index < -0.39 is 5.97 Å². The molecule has 0 radical (unpaired) electrons. The van der Waals surface area contributed by atoms with Gasteiger partial charge in [0.2, 0.25) is 0 Å². The Morgan fingerprint density at radius 2 is 1.92 bits per heavy atom. The Hall–Kier alpha value is -2.70. The van der Waals surface area contributed by atoms with E-state index in [-0.39, 0.29) is 18.2 Å². The molecule has 1 N–H and O–H groups in total. The normalized spacial score (nSPS) is 10.8. The molecule has 0 spiro atoms. The van der Waals surface area contributed by atoms with E-state index in [0.717, 1.165) is 16.8 Å². The van der Waals surface area contributed by atoms with Crippen molar-refractivity contribution in [1.82, 2.24) is 20.3 Å². The van der Waals surface area contributed by atoms with Gasteiger partial charge >= 0.3 is 5.97 Å². The molecule has 0 atom stereocenters. The van der Waals surface area contributed by atoms with Gasteiger partial charge in [0.1, 0.15) is 0 Å². The number of nitrogens with one attached hydrogen (secondary N) is 1. The van der Waals surface area contributed by atoms with Gasteiger partial charge in [-0.05, 0) is 38.3 Å². The molecule has 0 bridgehead atoms. The zero-order chi connectivity index (χ0) is 18.6. The zero-order valence-electron chi connectivity index (χ0n) is 15.3. The van der Waals surface area contributed by atoms with Gasteiger partial charge in [-0.15, -0.1) is 5.10 Å². The van der Waals surface area contributed by atoms with Gasteiger partial charge in [-0.25, -0.2) is 4.79 Å². The summed E-state index contributed by atoms with van der Waals surface area (Å²) in [5.74, 6) is -0.658. The molecule has 2 rings (SSSR count). The van der Waals surface area contributed by atoms with Gasteiger partial charge in [0.15, 0.2) is 12.3 Å². The molecular formula is C18H24N4O3. The number of aromatic nitrogens is 3. The number of ether oxygens (including phenoxy) is 1. The number of esters is 1. The fourth-order valence-electron chi connectivity index (χ4n) is 2.27. The first-order chi connectivity index (χ1) is 11.8. The van der Waals surface area contributed by atoms with Crippen LogP contribution in [0, 0.1) is 26.7 Å². The summed E-state index contributed by atoms with van der Waals surface area (Å²) in [6.45, 7) is 9.83. The van der Waals surface area contributed by atoms with Gasteiger partial charge < -0.3 is 10.1 Å². The van der Waals surface area contributed by atoms with Crippen LogP contribution in [0.15, 0.2) is 18.2 Å². The van der Waals surface area contributed by atoms with E-state index in [2.05, 4.69) is 15.5 Å². The predicted octanol–water partition coefficient (Wildman–Crippen LogP) is 2.12. The molecule has 0 saturated carbocycles. The molecule has 0 unspecified atom stereocenters. The highest BCUT2D eigenvalue weighted by Crippen LogP contribution is 2.15. The van der Waals surface area contributed by atoms with Crippen LogP contribution in [0.25, 0.3) is 5.69 Å². The smallest absolute Gasteiger partial charge is 0.361 e. The Balaban J connectivity index is 2.06. The van der Waals surface area contributed by atoms with Crippen molar-refractivity contribution < 1.29 is 14.3 Å².